The van der Waals surface area contributed by atoms with Gasteiger partial charge in [-0.3, -0.25) is 20.2 Å². The van der Waals surface area contributed by atoms with Crippen molar-refractivity contribution in [3.63, 3.8) is 0 Å². The largest absolute Gasteiger partial charge is 0.477 e. The number of carboxylic acid groups (broad SMARTS) is 1. The van der Waals surface area contributed by atoms with Gasteiger partial charge in [-0.2, -0.15) is 0 Å². The Morgan fingerprint density at radius 2 is 1.39 bits per heavy atom. The van der Waals surface area contributed by atoms with Gasteiger partial charge in [0.1, 0.15) is 22.8 Å². The summed E-state index contributed by atoms with van der Waals surface area (Å²) in [4.78, 5) is 40.8. The number of nitrogens with zero attached hydrogens (tertiary/aromatic N) is 2. The average Bonchev–Trinajstić information content (AvgIpc) is 2.61. The molecule has 0 aromatic heterocycles. The number of esters is 1. The summed E-state index contributed by atoms with van der Waals surface area (Å²) < 4.78 is 29.8. The monoisotopic (exact) mass is 398 g/mol. The van der Waals surface area contributed by atoms with Crippen molar-refractivity contribution in [2.24, 2.45) is 0 Å². The molecule has 0 heterocycles. The van der Waals surface area contributed by atoms with Crippen LogP contribution in [0, 0.1) is 31.9 Å². The Balaban J connectivity index is 0.000000283. The first-order chi connectivity index (χ1) is 13.1. The van der Waals surface area contributed by atoms with E-state index in [1.165, 1.54) is 0 Å². The van der Waals surface area contributed by atoms with Gasteiger partial charge in [0.25, 0.3) is 11.4 Å². The van der Waals surface area contributed by atoms with Crippen LogP contribution in [-0.2, 0) is 4.74 Å². The summed E-state index contributed by atoms with van der Waals surface area (Å²) in [7, 11) is 0. The molecule has 0 amide bonds. The number of hydrogen-bond acceptors (Lipinski definition) is 7. The molecule has 0 saturated carbocycles. The van der Waals surface area contributed by atoms with E-state index in [9.17, 15) is 38.6 Å². The van der Waals surface area contributed by atoms with E-state index >= 15 is 0 Å². The molecule has 0 saturated heterocycles. The van der Waals surface area contributed by atoms with Gasteiger partial charge in [-0.15, -0.1) is 0 Å². The number of aromatic carboxylic acids is 1. The van der Waals surface area contributed by atoms with Crippen molar-refractivity contribution in [1.82, 2.24) is 0 Å². The smallest absolute Gasteiger partial charge is 0.345 e. The maximum Gasteiger partial charge on any atom is 0.345 e. The molecule has 2 aromatic rings. The van der Waals surface area contributed by atoms with E-state index in [2.05, 4.69) is 4.74 Å². The third-order valence-electron chi connectivity index (χ3n) is 3.04. The van der Waals surface area contributed by atoms with Crippen LogP contribution in [0.3, 0.4) is 0 Å². The fraction of sp³-hybridized carbons (Fsp3) is 0.125. The van der Waals surface area contributed by atoms with Gasteiger partial charge in [0.2, 0.25) is 0 Å². The fourth-order valence-electron chi connectivity index (χ4n) is 1.88. The molecular weight excluding hydrogens is 386 g/mol. The Morgan fingerprint density at radius 3 is 1.79 bits per heavy atom. The van der Waals surface area contributed by atoms with E-state index in [0.717, 1.165) is 30.3 Å². The van der Waals surface area contributed by atoms with Crippen LogP contribution in [0.1, 0.15) is 27.6 Å². The van der Waals surface area contributed by atoms with Crippen LogP contribution in [0.15, 0.2) is 36.4 Å². The summed E-state index contributed by atoms with van der Waals surface area (Å²) in [6, 6.07) is 4.91. The van der Waals surface area contributed by atoms with Crippen molar-refractivity contribution >= 4 is 23.3 Å². The molecule has 0 fully saturated rings. The minimum Gasteiger partial charge on any atom is -0.477 e. The number of ether oxygens (including phenoxy) is 1. The quantitative estimate of drug-likeness (QED) is 0.458. The molecule has 1 N–H and O–H groups in total. The Bertz CT molecular complexity index is 933. The number of hydrogen-bond donors (Lipinski definition) is 1. The topological polar surface area (TPSA) is 150 Å². The van der Waals surface area contributed by atoms with Crippen molar-refractivity contribution in [3.8, 4) is 0 Å². The first kappa shape index (κ1) is 22.1. The number of carbonyl (C=O) groups excluding carboxylic acids is 1. The minimum atomic E-state index is -1.52. The standard InChI is InChI=1S/C9H8FNO4.C7H4FNO4/c1-2-15-9(12)7-5-6(10)3-4-8(7)11(13)14;8-4-1-2-6(9(12)13)5(3-4)7(10)11/h3-5H,2H2,1H3;1-3H,(H,10,11). The van der Waals surface area contributed by atoms with Crippen molar-refractivity contribution in [2.45, 2.75) is 6.92 Å². The first-order valence-electron chi connectivity index (χ1n) is 7.36. The second-order valence-electron chi connectivity index (χ2n) is 4.86. The number of carboxylic acids is 1. The molecule has 0 aliphatic rings. The molecule has 0 unspecified atom stereocenters. The lowest BCUT2D eigenvalue weighted by Gasteiger charge is -2.02. The Morgan fingerprint density at radius 1 is 0.964 bits per heavy atom. The zero-order valence-electron chi connectivity index (χ0n) is 14.1. The molecule has 28 heavy (non-hydrogen) atoms. The maximum atomic E-state index is 12.8. The summed E-state index contributed by atoms with van der Waals surface area (Å²) in [6.07, 6.45) is 0. The second kappa shape index (κ2) is 9.66. The van der Waals surface area contributed by atoms with Crippen molar-refractivity contribution in [2.75, 3.05) is 6.61 Å². The van der Waals surface area contributed by atoms with Crippen LogP contribution in [0.4, 0.5) is 20.2 Å². The molecule has 0 bridgehead atoms. The normalized spacial score (nSPS) is 9.68. The summed E-state index contributed by atoms with van der Waals surface area (Å²) in [5.74, 6) is -3.96. The van der Waals surface area contributed by atoms with Crippen LogP contribution < -0.4 is 0 Å². The molecule has 0 spiro atoms. The van der Waals surface area contributed by atoms with Gasteiger partial charge in [-0.1, -0.05) is 0 Å². The summed E-state index contributed by atoms with van der Waals surface area (Å²) >= 11 is 0. The lowest BCUT2D eigenvalue weighted by atomic mass is 10.2. The Kier molecular flexibility index (Phi) is 7.62. The molecule has 10 nitrogen and oxygen atoms in total. The summed E-state index contributed by atoms with van der Waals surface area (Å²) in [5, 5.41) is 29.2. The third kappa shape index (κ3) is 5.79. The molecule has 0 atom stereocenters. The zero-order chi connectivity index (χ0) is 21.4. The minimum absolute atomic E-state index is 0.0759. The van der Waals surface area contributed by atoms with E-state index in [4.69, 9.17) is 5.11 Å². The van der Waals surface area contributed by atoms with Crippen LogP contribution >= 0.6 is 0 Å². The van der Waals surface area contributed by atoms with Gasteiger partial charge in [0.05, 0.1) is 16.5 Å². The SMILES string of the molecule is CCOC(=O)c1cc(F)ccc1[N+](=O)[O-].O=C(O)c1cc(F)ccc1[N+](=O)[O-]. The van der Waals surface area contributed by atoms with Crippen molar-refractivity contribution in [1.29, 1.82) is 0 Å². The van der Waals surface area contributed by atoms with E-state index in [0.29, 0.717) is 6.07 Å². The molecule has 2 aromatic carbocycles. The van der Waals surface area contributed by atoms with Crippen LogP contribution in [-0.4, -0.2) is 33.5 Å². The van der Waals surface area contributed by atoms with Gasteiger partial charge < -0.3 is 9.84 Å². The van der Waals surface area contributed by atoms with Crippen molar-refractivity contribution < 1.29 is 38.1 Å². The second-order valence-corrected chi connectivity index (χ2v) is 4.86. The third-order valence-corrected chi connectivity index (χ3v) is 3.04. The van der Waals surface area contributed by atoms with Gasteiger partial charge >= 0.3 is 11.9 Å². The summed E-state index contributed by atoms with van der Waals surface area (Å²) in [5.41, 5.74) is -2.10. The molecular formula is C16H12F2N2O8. The number of nitro groups is 2. The zero-order valence-corrected chi connectivity index (χ0v) is 14.1. The molecule has 0 aliphatic carbocycles. The lowest BCUT2D eigenvalue weighted by molar-refractivity contribution is -0.385. The molecule has 2 rings (SSSR count). The van der Waals surface area contributed by atoms with Crippen LogP contribution in [0.5, 0.6) is 0 Å². The highest BCUT2D eigenvalue weighted by Gasteiger charge is 2.22. The van der Waals surface area contributed by atoms with Crippen LogP contribution in [0.25, 0.3) is 0 Å². The van der Waals surface area contributed by atoms with E-state index in [1.807, 2.05) is 0 Å². The van der Waals surface area contributed by atoms with Gasteiger partial charge in [-0.05, 0) is 31.2 Å². The number of rotatable bonds is 5. The van der Waals surface area contributed by atoms with E-state index in [1.54, 1.807) is 6.92 Å². The molecule has 0 aliphatic heterocycles. The summed E-state index contributed by atoms with van der Waals surface area (Å²) in [6.45, 7) is 1.63. The predicted octanol–water partition coefficient (Wildman–Crippen LogP) is 3.34. The van der Waals surface area contributed by atoms with Gasteiger partial charge in [0.15, 0.2) is 0 Å². The molecule has 0 radical (unpaired) electrons. The van der Waals surface area contributed by atoms with E-state index < -0.39 is 50.4 Å². The number of benzene rings is 2. The lowest BCUT2D eigenvalue weighted by Crippen LogP contribution is -2.08. The van der Waals surface area contributed by atoms with Crippen molar-refractivity contribution in [3.05, 3.63) is 79.4 Å². The Labute approximate surface area is 155 Å². The van der Waals surface area contributed by atoms with Gasteiger partial charge in [0, 0.05) is 12.1 Å². The van der Waals surface area contributed by atoms with Gasteiger partial charge in [-0.25, -0.2) is 18.4 Å². The average molecular weight is 398 g/mol. The van der Waals surface area contributed by atoms with Crippen LogP contribution in [0.2, 0.25) is 0 Å². The van der Waals surface area contributed by atoms with E-state index in [-0.39, 0.29) is 12.2 Å². The number of halogens is 2. The highest BCUT2D eigenvalue weighted by molar-refractivity contribution is 5.94. The highest BCUT2D eigenvalue weighted by Crippen LogP contribution is 2.20. The first-order valence-corrected chi connectivity index (χ1v) is 7.36. The Hall–Kier alpha value is -3.96. The highest BCUT2D eigenvalue weighted by atomic mass is 19.1. The predicted molar refractivity (Wildman–Crippen MR) is 89.0 cm³/mol. The maximum absolute atomic E-state index is 12.8. The number of nitro benzene ring substituents is 2. The fourth-order valence-corrected chi connectivity index (χ4v) is 1.88. The molecule has 12 heteroatoms. The molecule has 148 valence electrons. The number of carbonyl (C=O) groups is 2.